The monoisotopic (exact) mass is 455 g/mol. The number of anilines is 1. The molecule has 0 saturated heterocycles. The van der Waals surface area contributed by atoms with E-state index in [0.717, 1.165) is 42.8 Å². The van der Waals surface area contributed by atoms with E-state index in [4.69, 9.17) is 10.7 Å². The number of nitrogens with two attached hydrogens (primary N) is 1. The van der Waals surface area contributed by atoms with Crippen molar-refractivity contribution >= 4 is 41.0 Å². The first-order chi connectivity index (χ1) is 14.9. The van der Waals surface area contributed by atoms with Gasteiger partial charge in [-0.3, -0.25) is 4.79 Å². The number of thioether (sulfide) groups is 2. The molecule has 1 aromatic rings. The highest BCUT2D eigenvalue weighted by Crippen LogP contribution is 2.85. The molecule has 164 valence electrons. The van der Waals surface area contributed by atoms with E-state index in [1.165, 1.54) is 6.92 Å². The van der Waals surface area contributed by atoms with Crippen LogP contribution in [0.15, 0.2) is 29.3 Å². The molecule has 1 aliphatic carbocycles. The van der Waals surface area contributed by atoms with Gasteiger partial charge in [0.1, 0.15) is 16.7 Å². The van der Waals surface area contributed by atoms with Crippen LogP contribution in [0, 0.1) is 33.5 Å². The largest absolute Gasteiger partial charge is 0.386 e. The Hall–Kier alpha value is -2.16. The molecule has 1 aliphatic heterocycles. The first kappa shape index (κ1) is 23.5. The Bertz CT molecular complexity index is 938. The fraction of sp³-hybridized carbons (Fsp3) is 0.565. The summed E-state index contributed by atoms with van der Waals surface area (Å²) in [5, 5.41) is 23.6. The van der Waals surface area contributed by atoms with Crippen LogP contribution >= 0.6 is 23.5 Å². The van der Waals surface area contributed by atoms with Gasteiger partial charge >= 0.3 is 0 Å². The molecule has 3 atom stereocenters. The molecule has 1 fully saturated rings. The summed E-state index contributed by atoms with van der Waals surface area (Å²) in [6.07, 6.45) is 4.15. The van der Waals surface area contributed by atoms with Gasteiger partial charge < -0.3 is 11.1 Å². The lowest BCUT2D eigenvalue weighted by atomic mass is 9.97. The molecule has 1 heterocycles. The number of hydrogen-bond donors (Lipinski definition) is 2. The van der Waals surface area contributed by atoms with E-state index >= 15 is 0 Å². The van der Waals surface area contributed by atoms with E-state index < -0.39 is 15.0 Å². The van der Waals surface area contributed by atoms with E-state index in [1.807, 2.05) is 24.3 Å². The van der Waals surface area contributed by atoms with Gasteiger partial charge in [0.2, 0.25) is 5.91 Å². The Labute approximate surface area is 193 Å². The first-order valence-electron chi connectivity index (χ1n) is 10.7. The molecule has 8 heteroatoms. The lowest BCUT2D eigenvalue weighted by Gasteiger charge is -2.32. The summed E-state index contributed by atoms with van der Waals surface area (Å²) in [5.41, 5.74) is 5.87. The van der Waals surface area contributed by atoms with E-state index in [1.54, 1.807) is 23.5 Å². The van der Waals surface area contributed by atoms with E-state index in [-0.39, 0.29) is 17.7 Å². The Balaban J connectivity index is 2.04. The van der Waals surface area contributed by atoms with Crippen LogP contribution in [0.4, 0.5) is 5.69 Å². The van der Waals surface area contributed by atoms with Crippen LogP contribution in [0.25, 0.3) is 0 Å². The number of carbonyl (C=O) groups excluding carboxylic acids is 1. The maximum absolute atomic E-state index is 11.3. The number of unbranched alkanes of at least 4 members (excludes halogenated alkanes) is 2. The number of carbonyl (C=O) groups is 1. The van der Waals surface area contributed by atoms with Crippen LogP contribution in [0.5, 0.6) is 0 Å². The molecular weight excluding hydrogens is 426 g/mol. The SMILES string of the molecule is CCCCSC1(SCCCC)N=C(N)C2(C#N)C(c3ccc(NC(C)=O)cc3)C12C#N. The topological polar surface area (TPSA) is 115 Å². The second-order valence-electron chi connectivity index (χ2n) is 8.06. The molecule has 1 amide bonds. The van der Waals surface area contributed by atoms with Crippen molar-refractivity contribution < 1.29 is 4.79 Å². The van der Waals surface area contributed by atoms with E-state index in [0.29, 0.717) is 5.69 Å². The molecule has 31 heavy (non-hydrogen) atoms. The number of nitrogens with zero attached hydrogens (tertiary/aromatic N) is 3. The van der Waals surface area contributed by atoms with Crippen molar-refractivity contribution in [3.63, 3.8) is 0 Å². The number of amides is 1. The smallest absolute Gasteiger partial charge is 0.221 e. The zero-order chi connectivity index (χ0) is 22.7. The fourth-order valence-corrected chi connectivity index (χ4v) is 8.21. The average Bonchev–Trinajstić information content (AvgIpc) is 3.32. The number of hydrogen-bond acceptors (Lipinski definition) is 7. The number of benzene rings is 1. The highest BCUT2D eigenvalue weighted by Gasteiger charge is 2.91. The number of aliphatic imine (C=N–C) groups is 1. The van der Waals surface area contributed by atoms with Gasteiger partial charge in [0.05, 0.1) is 12.1 Å². The molecule has 2 aliphatic rings. The second kappa shape index (κ2) is 9.14. The number of amidine groups is 1. The third-order valence-electron chi connectivity index (χ3n) is 6.08. The number of fused-ring (bicyclic) bond motifs is 1. The number of rotatable bonds is 10. The van der Waals surface area contributed by atoms with Crippen LogP contribution in [-0.2, 0) is 4.79 Å². The van der Waals surface area contributed by atoms with Crippen LogP contribution in [0.2, 0.25) is 0 Å². The Kier molecular flexibility index (Phi) is 6.93. The van der Waals surface area contributed by atoms with Crippen molar-refractivity contribution in [3.05, 3.63) is 29.8 Å². The van der Waals surface area contributed by atoms with Crippen molar-refractivity contribution in [2.45, 2.75) is 56.6 Å². The van der Waals surface area contributed by atoms with Gasteiger partial charge in [0.25, 0.3) is 0 Å². The lowest BCUT2D eigenvalue weighted by molar-refractivity contribution is -0.114. The van der Waals surface area contributed by atoms with Crippen molar-refractivity contribution in [1.29, 1.82) is 10.5 Å². The molecule has 0 radical (unpaired) electrons. The predicted molar refractivity (Wildman–Crippen MR) is 129 cm³/mol. The van der Waals surface area contributed by atoms with Gasteiger partial charge in [-0.2, -0.15) is 10.5 Å². The Morgan fingerprint density at radius 3 is 2.16 bits per heavy atom. The summed E-state index contributed by atoms with van der Waals surface area (Å²) in [4.78, 5) is 16.2. The molecule has 0 spiro atoms. The fourth-order valence-electron chi connectivity index (χ4n) is 4.53. The molecule has 1 aromatic carbocycles. The summed E-state index contributed by atoms with van der Waals surface area (Å²) in [6, 6.07) is 12.4. The van der Waals surface area contributed by atoms with Crippen molar-refractivity contribution in [2.75, 3.05) is 16.8 Å². The minimum atomic E-state index is -1.12. The summed E-state index contributed by atoms with van der Waals surface area (Å²) < 4.78 is -0.785. The van der Waals surface area contributed by atoms with Gasteiger partial charge in [-0.25, -0.2) is 4.99 Å². The third-order valence-corrected chi connectivity index (χ3v) is 9.38. The Morgan fingerprint density at radius 2 is 1.71 bits per heavy atom. The minimum Gasteiger partial charge on any atom is -0.386 e. The van der Waals surface area contributed by atoms with Crippen molar-refractivity contribution in [1.82, 2.24) is 0 Å². The second-order valence-corrected chi connectivity index (χ2v) is 10.9. The molecule has 6 nitrogen and oxygen atoms in total. The quantitative estimate of drug-likeness (QED) is 0.385. The maximum atomic E-state index is 11.3. The number of nitrogens with one attached hydrogen (secondary N) is 1. The zero-order valence-electron chi connectivity index (χ0n) is 18.3. The highest BCUT2D eigenvalue weighted by atomic mass is 32.2. The van der Waals surface area contributed by atoms with Crippen LogP contribution in [0.3, 0.4) is 0 Å². The van der Waals surface area contributed by atoms with Gasteiger partial charge in [-0.05, 0) is 42.0 Å². The van der Waals surface area contributed by atoms with Crippen LogP contribution in [0.1, 0.15) is 57.9 Å². The highest BCUT2D eigenvalue weighted by molar-refractivity contribution is 8.18. The van der Waals surface area contributed by atoms with Crippen LogP contribution < -0.4 is 11.1 Å². The van der Waals surface area contributed by atoms with Crippen LogP contribution in [-0.4, -0.2) is 27.5 Å². The summed E-state index contributed by atoms with van der Waals surface area (Å²) in [7, 11) is 0. The Morgan fingerprint density at radius 1 is 1.13 bits per heavy atom. The molecule has 3 rings (SSSR count). The van der Waals surface area contributed by atoms with Crippen molar-refractivity contribution in [3.8, 4) is 12.1 Å². The standard InChI is InChI=1S/C23H29N5OS2/c1-4-6-12-30-23(31-13-7-5-2)22(15-25)19(21(22,14-24)20(26)28-23)17-8-10-18(11-9-17)27-16(3)29/h8-11,19H,4-7,12-13H2,1-3H3,(H2,26,28)(H,27,29). The lowest BCUT2D eigenvalue weighted by Crippen LogP contribution is -2.32. The normalized spacial score (nSPS) is 27.5. The first-order valence-corrected chi connectivity index (χ1v) is 12.7. The minimum absolute atomic E-state index is 0.145. The van der Waals surface area contributed by atoms with E-state index in [2.05, 4.69) is 31.3 Å². The molecular formula is C23H29N5OS2. The third kappa shape index (κ3) is 3.50. The summed E-state index contributed by atoms with van der Waals surface area (Å²) in [6.45, 7) is 5.74. The summed E-state index contributed by atoms with van der Waals surface area (Å²) >= 11 is 3.34. The van der Waals surface area contributed by atoms with Gasteiger partial charge in [0, 0.05) is 18.5 Å². The maximum Gasteiger partial charge on any atom is 0.221 e. The predicted octanol–water partition coefficient (Wildman–Crippen LogP) is 4.85. The molecule has 0 bridgehead atoms. The molecule has 3 N–H and O–H groups in total. The average molecular weight is 456 g/mol. The zero-order valence-corrected chi connectivity index (χ0v) is 19.9. The molecule has 0 aromatic heterocycles. The van der Waals surface area contributed by atoms with Gasteiger partial charge in [-0.15, -0.1) is 23.5 Å². The van der Waals surface area contributed by atoms with Gasteiger partial charge in [0.15, 0.2) is 4.20 Å². The number of nitriles is 2. The van der Waals surface area contributed by atoms with Gasteiger partial charge in [-0.1, -0.05) is 38.8 Å². The van der Waals surface area contributed by atoms with Crippen molar-refractivity contribution in [2.24, 2.45) is 21.6 Å². The summed E-state index contributed by atoms with van der Waals surface area (Å²) in [5.74, 6) is 1.52. The molecule has 1 saturated carbocycles. The van der Waals surface area contributed by atoms with E-state index in [9.17, 15) is 15.3 Å². The molecule has 3 unspecified atom stereocenters.